The molecular formula is C18H21F3N4O2. The predicted molar refractivity (Wildman–Crippen MR) is 88.8 cm³/mol. The molecule has 3 fully saturated rings. The molecule has 0 unspecified atom stereocenters. The van der Waals surface area contributed by atoms with E-state index in [0.29, 0.717) is 12.2 Å². The number of alkyl halides is 3. The van der Waals surface area contributed by atoms with Crippen molar-refractivity contribution in [1.29, 1.82) is 0 Å². The van der Waals surface area contributed by atoms with E-state index in [9.17, 15) is 23.4 Å². The zero-order valence-corrected chi connectivity index (χ0v) is 15.1. The molecular weight excluding hydrogens is 361 g/mol. The highest BCUT2D eigenvalue weighted by molar-refractivity contribution is 5.59. The van der Waals surface area contributed by atoms with Gasteiger partial charge in [-0.05, 0) is 44.6 Å². The summed E-state index contributed by atoms with van der Waals surface area (Å²) < 4.78 is 43.3. The van der Waals surface area contributed by atoms with Crippen LogP contribution < -0.4 is 0 Å². The van der Waals surface area contributed by atoms with Crippen molar-refractivity contribution in [1.82, 2.24) is 19.3 Å². The van der Waals surface area contributed by atoms with Gasteiger partial charge in [0.1, 0.15) is 0 Å². The number of aromatic nitrogens is 4. The third-order valence-electron chi connectivity index (χ3n) is 6.72. The molecule has 27 heavy (non-hydrogen) atoms. The topological polar surface area (TPSA) is 76.1 Å². The average Bonchev–Trinajstić information content (AvgIpc) is 3.08. The third-order valence-corrected chi connectivity index (χ3v) is 6.72. The van der Waals surface area contributed by atoms with E-state index in [4.69, 9.17) is 5.10 Å². The van der Waals surface area contributed by atoms with Crippen molar-refractivity contribution in [3.8, 4) is 11.4 Å². The molecule has 3 saturated carbocycles. The Morgan fingerprint density at radius 3 is 2.52 bits per heavy atom. The van der Waals surface area contributed by atoms with Gasteiger partial charge in [-0.25, -0.2) is 4.98 Å². The molecule has 146 valence electrons. The molecule has 3 heterocycles. The maximum Gasteiger partial charge on any atom is 0.424 e. The molecule has 6 rings (SSSR count). The zero-order valence-electron chi connectivity index (χ0n) is 15.1. The minimum atomic E-state index is -4.82. The van der Waals surface area contributed by atoms with Crippen LogP contribution in [0.5, 0.6) is 0 Å². The fourth-order valence-electron chi connectivity index (χ4n) is 5.27. The van der Waals surface area contributed by atoms with E-state index in [1.165, 1.54) is 10.8 Å². The molecule has 0 radical (unpaired) electrons. The number of fused-ring (bicyclic) bond motifs is 3. The Bertz CT molecular complexity index is 923. The molecule has 9 heteroatoms. The van der Waals surface area contributed by atoms with Crippen LogP contribution in [0.4, 0.5) is 13.2 Å². The van der Waals surface area contributed by atoms with Crippen LogP contribution in [0.3, 0.4) is 0 Å². The Hall–Kier alpha value is -1.87. The summed E-state index contributed by atoms with van der Waals surface area (Å²) in [6.07, 6.45) is -0.691. The number of nitrogens with zero attached hydrogens (tertiary/aromatic N) is 4. The average molecular weight is 382 g/mol. The second kappa shape index (κ2) is 4.75. The van der Waals surface area contributed by atoms with Crippen molar-refractivity contribution in [2.75, 3.05) is 6.61 Å². The van der Waals surface area contributed by atoms with Crippen molar-refractivity contribution in [3.05, 3.63) is 23.8 Å². The van der Waals surface area contributed by atoms with Gasteiger partial charge >= 0.3 is 6.18 Å². The number of imidazole rings is 1. The Balaban J connectivity index is 1.56. The summed E-state index contributed by atoms with van der Waals surface area (Å²) in [6.45, 7) is 3.15. The molecule has 2 aromatic rings. The van der Waals surface area contributed by atoms with Crippen molar-refractivity contribution in [2.24, 2.45) is 5.41 Å². The predicted octanol–water partition coefficient (Wildman–Crippen LogP) is 2.51. The first-order valence-electron chi connectivity index (χ1n) is 9.08. The molecule has 0 aromatic carbocycles. The van der Waals surface area contributed by atoms with Gasteiger partial charge in [0.15, 0.2) is 5.82 Å². The van der Waals surface area contributed by atoms with Crippen molar-refractivity contribution in [3.63, 3.8) is 0 Å². The molecule has 2 aromatic heterocycles. The molecule has 4 aliphatic rings. The van der Waals surface area contributed by atoms with Gasteiger partial charge < -0.3 is 14.8 Å². The molecule has 2 atom stereocenters. The zero-order chi connectivity index (χ0) is 19.4. The SMILES string of the molecule is C[C@H]1Cn2nc(C34CC(CO)(C3)C4)cc2-c2cnc([C@@](C)(O)C(F)(F)F)n21. The number of aliphatic hydroxyl groups is 2. The summed E-state index contributed by atoms with van der Waals surface area (Å²) >= 11 is 0. The van der Waals surface area contributed by atoms with E-state index in [1.807, 2.05) is 10.7 Å². The first-order chi connectivity index (χ1) is 12.5. The van der Waals surface area contributed by atoms with E-state index in [2.05, 4.69) is 4.98 Å². The fraction of sp³-hybridized carbons (Fsp3) is 0.667. The van der Waals surface area contributed by atoms with Crippen molar-refractivity contribution in [2.45, 2.75) is 62.9 Å². The van der Waals surface area contributed by atoms with Gasteiger partial charge in [0, 0.05) is 12.0 Å². The fourth-order valence-corrected chi connectivity index (χ4v) is 5.27. The largest absolute Gasteiger partial charge is 0.424 e. The van der Waals surface area contributed by atoms with Crippen molar-refractivity contribution < 1.29 is 23.4 Å². The van der Waals surface area contributed by atoms with Gasteiger partial charge in [-0.2, -0.15) is 18.3 Å². The van der Waals surface area contributed by atoms with Gasteiger partial charge in [0.05, 0.1) is 35.9 Å². The van der Waals surface area contributed by atoms with E-state index in [0.717, 1.165) is 37.6 Å². The lowest BCUT2D eigenvalue weighted by Crippen LogP contribution is -2.66. The summed E-state index contributed by atoms with van der Waals surface area (Å²) in [7, 11) is 0. The minimum absolute atomic E-state index is 0.00144. The number of halogens is 3. The van der Waals surface area contributed by atoms with Gasteiger partial charge in [0.25, 0.3) is 0 Å². The monoisotopic (exact) mass is 382 g/mol. The number of rotatable bonds is 3. The van der Waals surface area contributed by atoms with Crippen LogP contribution in [0, 0.1) is 5.41 Å². The molecule has 0 saturated heterocycles. The van der Waals surface area contributed by atoms with Gasteiger partial charge in [-0.15, -0.1) is 0 Å². The molecule has 6 nitrogen and oxygen atoms in total. The van der Waals surface area contributed by atoms with E-state index in [-0.39, 0.29) is 23.5 Å². The van der Waals surface area contributed by atoms with E-state index >= 15 is 0 Å². The summed E-state index contributed by atoms with van der Waals surface area (Å²) in [5.74, 6) is -0.392. The standard InChI is InChI=1S/C18H21F3N4O2/c1-10-5-24-11(3-13(23-24)17-6-16(7-17,8-17)9-26)12-4-22-14(25(10)12)15(2,27)18(19,20)21/h3-4,10,26-27H,5-9H2,1-2H3/t10-,15+,16?,17?/m0/s1. The maximum absolute atomic E-state index is 13.3. The second-order valence-electron chi connectivity index (χ2n) is 8.82. The van der Waals surface area contributed by atoms with Crippen LogP contribution in [0.25, 0.3) is 11.4 Å². The van der Waals surface area contributed by atoms with Gasteiger partial charge in [0.2, 0.25) is 5.60 Å². The van der Waals surface area contributed by atoms with Crippen LogP contribution >= 0.6 is 0 Å². The van der Waals surface area contributed by atoms with Crippen LogP contribution in [0.15, 0.2) is 12.3 Å². The molecule has 3 aliphatic carbocycles. The lowest BCUT2D eigenvalue weighted by Gasteiger charge is -2.69. The highest BCUT2D eigenvalue weighted by Crippen LogP contribution is 2.73. The highest BCUT2D eigenvalue weighted by Gasteiger charge is 2.69. The second-order valence-corrected chi connectivity index (χ2v) is 8.82. The molecule has 2 N–H and O–H groups in total. The first kappa shape index (κ1) is 17.2. The normalized spacial score (nSPS) is 33.5. The smallest absolute Gasteiger partial charge is 0.396 e. The first-order valence-corrected chi connectivity index (χ1v) is 9.08. The lowest BCUT2D eigenvalue weighted by molar-refractivity contribution is -0.262. The molecule has 0 amide bonds. The van der Waals surface area contributed by atoms with Crippen LogP contribution in [-0.2, 0) is 17.6 Å². The lowest BCUT2D eigenvalue weighted by atomic mass is 9.34. The van der Waals surface area contributed by atoms with Crippen LogP contribution in [-0.4, -0.2) is 42.3 Å². The van der Waals surface area contributed by atoms with E-state index in [1.54, 1.807) is 6.92 Å². The quantitative estimate of drug-likeness (QED) is 0.855. The highest BCUT2D eigenvalue weighted by atomic mass is 19.4. The summed E-state index contributed by atoms with van der Waals surface area (Å²) in [5.41, 5.74) is -0.762. The Morgan fingerprint density at radius 1 is 1.26 bits per heavy atom. The number of aliphatic hydroxyl groups excluding tert-OH is 1. The number of hydrogen-bond acceptors (Lipinski definition) is 4. The van der Waals surface area contributed by atoms with Crippen LogP contribution in [0.2, 0.25) is 0 Å². The molecule has 0 spiro atoms. The Morgan fingerprint density at radius 2 is 1.93 bits per heavy atom. The van der Waals surface area contributed by atoms with Crippen molar-refractivity contribution >= 4 is 0 Å². The summed E-state index contributed by atoms with van der Waals surface area (Å²) in [4.78, 5) is 3.94. The third kappa shape index (κ3) is 1.99. The Kier molecular flexibility index (Phi) is 3.03. The minimum Gasteiger partial charge on any atom is -0.396 e. The molecule has 2 bridgehead atoms. The van der Waals surface area contributed by atoms with Gasteiger partial charge in [-0.1, -0.05) is 0 Å². The Labute approximate surface area is 153 Å². The number of hydrogen-bond donors (Lipinski definition) is 2. The summed E-state index contributed by atoms with van der Waals surface area (Å²) in [5, 5.41) is 24.3. The molecule has 1 aliphatic heterocycles. The van der Waals surface area contributed by atoms with Crippen LogP contribution in [0.1, 0.15) is 50.7 Å². The summed E-state index contributed by atoms with van der Waals surface area (Å²) in [6, 6.07) is 1.62. The van der Waals surface area contributed by atoms with Gasteiger partial charge in [-0.3, -0.25) is 4.68 Å². The van der Waals surface area contributed by atoms with E-state index < -0.39 is 17.6 Å². The maximum atomic E-state index is 13.3.